The Morgan fingerprint density at radius 2 is 2.25 bits per heavy atom. The van der Waals surface area contributed by atoms with Gasteiger partial charge in [0.2, 0.25) is 0 Å². The van der Waals surface area contributed by atoms with Crippen molar-refractivity contribution in [3.8, 4) is 0 Å². The van der Waals surface area contributed by atoms with Crippen LogP contribution in [-0.2, 0) is 19.1 Å². The topological polar surface area (TPSA) is 51.2 Å². The Kier molecular flexibility index (Phi) is 4.55. The van der Waals surface area contributed by atoms with Gasteiger partial charge < -0.3 is 14.4 Å². The summed E-state index contributed by atoms with van der Waals surface area (Å²) in [6, 6.07) is 0. The van der Waals surface area contributed by atoms with Crippen LogP contribution in [0.2, 0.25) is 0 Å². The molecule has 0 aromatic carbocycles. The molecule has 0 radical (unpaired) electrons. The molecule has 0 bridgehead atoms. The zero-order valence-corrected chi connectivity index (χ0v) is 12.1. The number of hydroxylamine groups is 2. The number of hydrogen-bond acceptors (Lipinski definition) is 5. The van der Waals surface area contributed by atoms with Gasteiger partial charge in [0.1, 0.15) is 0 Å². The predicted molar refractivity (Wildman–Crippen MR) is 71.9 cm³/mol. The van der Waals surface area contributed by atoms with E-state index in [-0.39, 0.29) is 11.8 Å². The van der Waals surface area contributed by atoms with E-state index in [1.165, 1.54) is 0 Å². The summed E-state index contributed by atoms with van der Waals surface area (Å²) < 4.78 is 10.8. The van der Waals surface area contributed by atoms with Gasteiger partial charge in [-0.3, -0.25) is 9.63 Å². The van der Waals surface area contributed by atoms with E-state index in [2.05, 4.69) is 4.90 Å². The molecule has 0 saturated carbocycles. The van der Waals surface area contributed by atoms with Crippen molar-refractivity contribution in [2.75, 3.05) is 59.7 Å². The van der Waals surface area contributed by atoms with Crippen molar-refractivity contribution in [2.45, 2.75) is 6.42 Å². The van der Waals surface area contributed by atoms with E-state index in [0.717, 1.165) is 45.8 Å². The normalized spacial score (nSPS) is 34.5. The van der Waals surface area contributed by atoms with E-state index >= 15 is 0 Å². The van der Waals surface area contributed by atoms with E-state index in [1.807, 2.05) is 0 Å². The monoisotopic (exact) mass is 284 g/mol. The molecule has 3 heterocycles. The lowest BCUT2D eigenvalue weighted by Gasteiger charge is -2.33. The van der Waals surface area contributed by atoms with Gasteiger partial charge in [0.05, 0.1) is 38.9 Å². The minimum absolute atomic E-state index is 0.0422. The number of likely N-dealkylation sites (tertiary alicyclic amines) is 1. The maximum Gasteiger partial charge on any atom is 0.251 e. The third-order valence-corrected chi connectivity index (χ3v) is 4.64. The average Bonchev–Trinajstić information content (AvgIpc) is 3.12. The predicted octanol–water partition coefficient (Wildman–Crippen LogP) is -0.00890. The third-order valence-electron chi connectivity index (χ3n) is 4.64. The minimum Gasteiger partial charge on any atom is -0.383 e. The first-order valence-electron chi connectivity index (χ1n) is 7.53. The van der Waals surface area contributed by atoms with Gasteiger partial charge in [-0.15, -0.1) is 0 Å². The van der Waals surface area contributed by atoms with Crippen LogP contribution in [0.1, 0.15) is 6.42 Å². The highest BCUT2D eigenvalue weighted by atomic mass is 16.7. The van der Waals surface area contributed by atoms with E-state index in [4.69, 9.17) is 14.3 Å². The van der Waals surface area contributed by atoms with Crippen LogP contribution in [0.4, 0.5) is 0 Å². The molecule has 0 N–H and O–H groups in total. The van der Waals surface area contributed by atoms with Crippen molar-refractivity contribution in [2.24, 2.45) is 17.8 Å². The van der Waals surface area contributed by atoms with Crippen molar-refractivity contribution in [3.63, 3.8) is 0 Å². The van der Waals surface area contributed by atoms with Gasteiger partial charge >= 0.3 is 0 Å². The van der Waals surface area contributed by atoms with Crippen LogP contribution in [0.15, 0.2) is 0 Å². The number of carbonyl (C=O) groups is 1. The van der Waals surface area contributed by atoms with Gasteiger partial charge in [0, 0.05) is 26.7 Å². The second kappa shape index (κ2) is 6.39. The molecule has 114 valence electrons. The standard InChI is InChI=1S/C14H24N2O4/c1-18-6-4-15-7-11-9-19-10-13(12(11)8-15)14(17)16-3-2-5-20-16/h11-13H,2-10H2,1H3/t11-,12-,13-/m0/s1. The Morgan fingerprint density at radius 1 is 1.35 bits per heavy atom. The van der Waals surface area contributed by atoms with Crippen molar-refractivity contribution in [1.29, 1.82) is 0 Å². The van der Waals surface area contributed by atoms with Crippen LogP contribution in [0, 0.1) is 17.8 Å². The number of amides is 1. The lowest BCUT2D eigenvalue weighted by Crippen LogP contribution is -2.45. The molecular formula is C14H24N2O4. The first kappa shape index (κ1) is 14.3. The molecule has 3 fully saturated rings. The highest BCUT2D eigenvalue weighted by Gasteiger charge is 2.45. The second-order valence-corrected chi connectivity index (χ2v) is 5.95. The van der Waals surface area contributed by atoms with Crippen molar-refractivity contribution >= 4 is 5.91 Å². The summed E-state index contributed by atoms with van der Waals surface area (Å²) in [7, 11) is 1.73. The fourth-order valence-electron chi connectivity index (χ4n) is 3.55. The highest BCUT2D eigenvalue weighted by Crippen LogP contribution is 2.35. The summed E-state index contributed by atoms with van der Waals surface area (Å²) in [5.41, 5.74) is 0. The molecule has 0 spiro atoms. The Hall–Kier alpha value is -0.690. The van der Waals surface area contributed by atoms with Crippen LogP contribution in [0.3, 0.4) is 0 Å². The Morgan fingerprint density at radius 3 is 3.00 bits per heavy atom. The molecule has 3 saturated heterocycles. The summed E-state index contributed by atoms with van der Waals surface area (Å²) in [5, 5.41) is 1.55. The van der Waals surface area contributed by atoms with Crippen LogP contribution < -0.4 is 0 Å². The quantitative estimate of drug-likeness (QED) is 0.727. The maximum absolute atomic E-state index is 12.5. The van der Waals surface area contributed by atoms with Crippen molar-refractivity contribution < 1.29 is 19.1 Å². The van der Waals surface area contributed by atoms with Gasteiger partial charge in [-0.25, -0.2) is 5.06 Å². The number of carbonyl (C=O) groups excluding carboxylic acids is 1. The first-order valence-corrected chi connectivity index (χ1v) is 7.53. The molecular weight excluding hydrogens is 260 g/mol. The molecule has 0 aromatic rings. The molecule has 3 aliphatic rings. The smallest absolute Gasteiger partial charge is 0.251 e. The summed E-state index contributed by atoms with van der Waals surface area (Å²) in [6.45, 7) is 6.36. The van der Waals surface area contributed by atoms with Gasteiger partial charge in [-0.2, -0.15) is 0 Å². The van der Waals surface area contributed by atoms with E-state index in [9.17, 15) is 4.79 Å². The number of rotatable bonds is 4. The SMILES string of the molecule is COCCN1C[C@H]2COC[C@H](C(=O)N3CCCO3)[C@H]2C1. The number of nitrogens with zero attached hydrogens (tertiary/aromatic N) is 2. The van der Waals surface area contributed by atoms with Crippen molar-refractivity contribution in [1.82, 2.24) is 9.96 Å². The summed E-state index contributed by atoms with van der Waals surface area (Å²) in [6.07, 6.45) is 0.938. The molecule has 0 unspecified atom stereocenters. The van der Waals surface area contributed by atoms with E-state index in [0.29, 0.717) is 25.0 Å². The van der Waals surface area contributed by atoms with E-state index < -0.39 is 0 Å². The Labute approximate surface area is 119 Å². The number of fused-ring (bicyclic) bond motifs is 1. The van der Waals surface area contributed by atoms with E-state index in [1.54, 1.807) is 12.2 Å². The molecule has 3 atom stereocenters. The van der Waals surface area contributed by atoms with Crippen LogP contribution >= 0.6 is 0 Å². The fraction of sp³-hybridized carbons (Fsp3) is 0.929. The lowest BCUT2D eigenvalue weighted by molar-refractivity contribution is -0.181. The minimum atomic E-state index is -0.0422. The van der Waals surface area contributed by atoms with Crippen LogP contribution in [-0.4, -0.2) is 75.6 Å². The van der Waals surface area contributed by atoms with Gasteiger partial charge in [-0.1, -0.05) is 0 Å². The van der Waals surface area contributed by atoms with Crippen molar-refractivity contribution in [3.05, 3.63) is 0 Å². The molecule has 1 amide bonds. The number of methoxy groups -OCH3 is 1. The largest absolute Gasteiger partial charge is 0.383 e. The van der Waals surface area contributed by atoms with Gasteiger partial charge in [0.25, 0.3) is 5.91 Å². The molecule has 0 aromatic heterocycles. The summed E-state index contributed by atoms with van der Waals surface area (Å²) in [4.78, 5) is 20.3. The fourth-order valence-corrected chi connectivity index (χ4v) is 3.55. The number of hydrogen-bond donors (Lipinski definition) is 0. The zero-order chi connectivity index (χ0) is 13.9. The second-order valence-electron chi connectivity index (χ2n) is 5.95. The lowest BCUT2D eigenvalue weighted by atomic mass is 9.82. The van der Waals surface area contributed by atoms with Crippen LogP contribution in [0.25, 0.3) is 0 Å². The molecule has 3 rings (SSSR count). The zero-order valence-electron chi connectivity index (χ0n) is 12.1. The molecule has 6 heteroatoms. The van der Waals surface area contributed by atoms with Crippen LogP contribution in [0.5, 0.6) is 0 Å². The third kappa shape index (κ3) is 2.83. The summed E-state index contributed by atoms with van der Waals surface area (Å²) in [5.74, 6) is 0.944. The first-order chi connectivity index (χ1) is 9.79. The molecule has 6 nitrogen and oxygen atoms in total. The summed E-state index contributed by atoms with van der Waals surface area (Å²) >= 11 is 0. The number of ether oxygens (including phenoxy) is 2. The van der Waals surface area contributed by atoms with Gasteiger partial charge in [0.15, 0.2) is 0 Å². The maximum atomic E-state index is 12.5. The Balaban J connectivity index is 1.62. The molecule has 3 aliphatic heterocycles. The molecule has 0 aliphatic carbocycles. The molecule has 20 heavy (non-hydrogen) atoms. The van der Waals surface area contributed by atoms with Gasteiger partial charge in [-0.05, 0) is 18.3 Å². The average molecular weight is 284 g/mol. The Bertz CT molecular complexity index is 346. The highest BCUT2D eigenvalue weighted by molar-refractivity contribution is 5.78.